The lowest BCUT2D eigenvalue weighted by atomic mass is 10.1. The highest BCUT2D eigenvalue weighted by atomic mass is 79.9. The van der Waals surface area contributed by atoms with Crippen LogP contribution in [-0.4, -0.2) is 7.11 Å². The molecule has 1 aromatic rings. The minimum Gasteiger partial charge on any atom is -0.496 e. The molecule has 3 heteroatoms. The van der Waals surface area contributed by atoms with Crippen LogP contribution in [0.15, 0.2) is 22.7 Å². The number of benzene rings is 1. The summed E-state index contributed by atoms with van der Waals surface area (Å²) in [4.78, 5) is 3.44. The van der Waals surface area contributed by atoms with Gasteiger partial charge in [0.25, 0.3) is 0 Å². The first-order valence-corrected chi connectivity index (χ1v) is 4.68. The van der Waals surface area contributed by atoms with Gasteiger partial charge in [0.2, 0.25) is 6.04 Å². The van der Waals surface area contributed by atoms with Crippen molar-refractivity contribution >= 4 is 15.9 Å². The van der Waals surface area contributed by atoms with Crippen molar-refractivity contribution in [3.63, 3.8) is 0 Å². The van der Waals surface area contributed by atoms with Crippen LogP contribution in [0.25, 0.3) is 4.85 Å². The second kappa shape index (κ2) is 4.29. The number of hydrogen-bond acceptors (Lipinski definition) is 1. The molecule has 0 fully saturated rings. The van der Waals surface area contributed by atoms with Gasteiger partial charge in [0.15, 0.2) is 0 Å². The van der Waals surface area contributed by atoms with Gasteiger partial charge < -0.3 is 9.58 Å². The molecule has 0 amide bonds. The summed E-state index contributed by atoms with van der Waals surface area (Å²) in [5.74, 6) is 0.771. The zero-order chi connectivity index (χ0) is 9.84. The second-order valence-electron chi connectivity index (χ2n) is 2.70. The lowest BCUT2D eigenvalue weighted by Gasteiger charge is -2.05. The molecule has 0 saturated heterocycles. The Labute approximate surface area is 86.5 Å². The van der Waals surface area contributed by atoms with Gasteiger partial charge in [0.05, 0.1) is 11.6 Å². The topological polar surface area (TPSA) is 13.6 Å². The molecule has 0 N–H and O–H groups in total. The number of ether oxygens (including phenoxy) is 1. The fourth-order valence-corrected chi connectivity index (χ4v) is 1.42. The Morgan fingerprint density at radius 3 is 2.77 bits per heavy atom. The standard InChI is InChI=1S/C10H10BrNO/c1-7(12-2)8-4-5-9(11)10(6-8)13-3/h4-7H,1,3H3. The molecule has 1 unspecified atom stereocenters. The molecule has 0 bridgehead atoms. The molecule has 0 aliphatic rings. The number of hydrogen-bond donors (Lipinski definition) is 0. The third kappa shape index (κ3) is 2.22. The molecule has 0 aliphatic heterocycles. The maximum Gasteiger partial charge on any atom is 0.246 e. The molecule has 1 atom stereocenters. The third-order valence-electron chi connectivity index (χ3n) is 1.85. The Morgan fingerprint density at radius 2 is 2.23 bits per heavy atom. The predicted octanol–water partition coefficient (Wildman–Crippen LogP) is 3.44. The van der Waals surface area contributed by atoms with E-state index in [9.17, 15) is 0 Å². The number of rotatable bonds is 2. The zero-order valence-electron chi connectivity index (χ0n) is 7.54. The Morgan fingerprint density at radius 1 is 1.54 bits per heavy atom. The summed E-state index contributed by atoms with van der Waals surface area (Å²) >= 11 is 3.36. The second-order valence-corrected chi connectivity index (χ2v) is 3.55. The summed E-state index contributed by atoms with van der Waals surface area (Å²) in [6, 6.07) is 5.60. The van der Waals surface area contributed by atoms with Crippen molar-refractivity contribution in [1.82, 2.24) is 0 Å². The molecule has 1 rings (SSSR count). The van der Waals surface area contributed by atoms with E-state index >= 15 is 0 Å². The van der Waals surface area contributed by atoms with E-state index in [0.717, 1.165) is 15.8 Å². The van der Waals surface area contributed by atoms with E-state index in [0.29, 0.717) is 0 Å². The van der Waals surface area contributed by atoms with Gasteiger partial charge in [-0.1, -0.05) is 0 Å². The van der Waals surface area contributed by atoms with Crippen molar-refractivity contribution in [3.8, 4) is 5.75 Å². The summed E-state index contributed by atoms with van der Waals surface area (Å²) in [6.45, 7) is 8.77. The van der Waals surface area contributed by atoms with Crippen molar-refractivity contribution in [2.75, 3.05) is 7.11 Å². The highest BCUT2D eigenvalue weighted by Crippen LogP contribution is 2.29. The van der Waals surface area contributed by atoms with Crippen molar-refractivity contribution in [2.45, 2.75) is 13.0 Å². The zero-order valence-corrected chi connectivity index (χ0v) is 9.13. The summed E-state index contributed by atoms with van der Waals surface area (Å²) in [5.41, 5.74) is 0.982. The Hall–Kier alpha value is -1.01. The van der Waals surface area contributed by atoms with Gasteiger partial charge in [-0.05, 0) is 34.1 Å². The Kier molecular flexibility index (Phi) is 3.32. The van der Waals surface area contributed by atoms with E-state index in [2.05, 4.69) is 20.8 Å². The molecule has 0 aromatic heterocycles. The van der Waals surface area contributed by atoms with Crippen LogP contribution in [0, 0.1) is 6.57 Å². The number of methoxy groups -OCH3 is 1. The number of halogens is 1. The predicted molar refractivity (Wildman–Crippen MR) is 55.7 cm³/mol. The van der Waals surface area contributed by atoms with E-state index in [1.165, 1.54) is 0 Å². The van der Waals surface area contributed by atoms with Gasteiger partial charge in [-0.3, -0.25) is 0 Å². The fourth-order valence-electron chi connectivity index (χ4n) is 1.01. The molecule has 13 heavy (non-hydrogen) atoms. The molecular weight excluding hydrogens is 230 g/mol. The average molecular weight is 240 g/mol. The maximum absolute atomic E-state index is 6.90. The van der Waals surface area contributed by atoms with Crippen LogP contribution < -0.4 is 4.74 Å². The highest BCUT2D eigenvalue weighted by molar-refractivity contribution is 9.10. The van der Waals surface area contributed by atoms with Crippen LogP contribution in [0.5, 0.6) is 5.75 Å². The smallest absolute Gasteiger partial charge is 0.246 e. The molecule has 0 saturated carbocycles. The molecule has 0 spiro atoms. The molecule has 1 aromatic carbocycles. The Bertz CT molecular complexity index is 343. The maximum atomic E-state index is 6.90. The molecule has 2 nitrogen and oxygen atoms in total. The van der Waals surface area contributed by atoms with Gasteiger partial charge in [0.1, 0.15) is 5.75 Å². The SMILES string of the molecule is [C-]#[N+]C(C)c1ccc(Br)c(OC)c1. The van der Waals surface area contributed by atoms with Crippen LogP contribution in [0.1, 0.15) is 18.5 Å². The average Bonchev–Trinajstić information content (AvgIpc) is 2.17. The summed E-state index contributed by atoms with van der Waals surface area (Å²) < 4.78 is 6.04. The van der Waals surface area contributed by atoms with E-state index in [1.807, 2.05) is 25.1 Å². The van der Waals surface area contributed by atoms with E-state index < -0.39 is 0 Å². The Balaban J connectivity index is 3.08. The quantitative estimate of drug-likeness (QED) is 0.722. The first-order valence-electron chi connectivity index (χ1n) is 3.89. The molecule has 68 valence electrons. The normalized spacial score (nSPS) is 11.8. The molecule has 0 heterocycles. The van der Waals surface area contributed by atoms with Crippen LogP contribution in [0.2, 0.25) is 0 Å². The summed E-state index contributed by atoms with van der Waals surface area (Å²) in [5, 5.41) is 0. The monoisotopic (exact) mass is 239 g/mol. The van der Waals surface area contributed by atoms with E-state index in [1.54, 1.807) is 7.11 Å². The van der Waals surface area contributed by atoms with Crippen LogP contribution >= 0.6 is 15.9 Å². The van der Waals surface area contributed by atoms with Gasteiger partial charge in [-0.2, -0.15) is 0 Å². The van der Waals surface area contributed by atoms with Gasteiger partial charge in [-0.25, -0.2) is 6.57 Å². The van der Waals surface area contributed by atoms with Gasteiger partial charge in [0, 0.05) is 12.5 Å². The van der Waals surface area contributed by atoms with E-state index in [-0.39, 0.29) is 6.04 Å². The first-order chi connectivity index (χ1) is 6.19. The lowest BCUT2D eigenvalue weighted by molar-refractivity contribution is 0.411. The van der Waals surface area contributed by atoms with Crippen molar-refractivity contribution in [3.05, 3.63) is 39.7 Å². The fraction of sp³-hybridized carbons (Fsp3) is 0.300. The molecule has 0 aliphatic carbocycles. The largest absolute Gasteiger partial charge is 0.496 e. The van der Waals surface area contributed by atoms with Gasteiger partial charge in [-0.15, -0.1) is 0 Å². The van der Waals surface area contributed by atoms with Crippen LogP contribution in [0.4, 0.5) is 0 Å². The van der Waals surface area contributed by atoms with Gasteiger partial charge >= 0.3 is 0 Å². The van der Waals surface area contributed by atoms with Crippen LogP contribution in [0.3, 0.4) is 0 Å². The highest BCUT2D eigenvalue weighted by Gasteiger charge is 2.10. The minimum atomic E-state index is -0.109. The molecular formula is C10H10BrNO. The van der Waals surface area contributed by atoms with Crippen molar-refractivity contribution in [2.24, 2.45) is 0 Å². The van der Waals surface area contributed by atoms with Crippen LogP contribution in [-0.2, 0) is 0 Å². The van der Waals surface area contributed by atoms with E-state index in [4.69, 9.17) is 11.3 Å². The van der Waals surface area contributed by atoms with Crippen molar-refractivity contribution in [1.29, 1.82) is 0 Å². The summed E-state index contributed by atoms with van der Waals surface area (Å²) in [7, 11) is 1.62. The lowest BCUT2D eigenvalue weighted by Crippen LogP contribution is -1.90. The molecule has 0 radical (unpaired) electrons. The third-order valence-corrected chi connectivity index (χ3v) is 2.51. The minimum absolute atomic E-state index is 0.109. The first kappa shape index (κ1) is 10.1. The summed E-state index contributed by atoms with van der Waals surface area (Å²) in [6.07, 6.45) is 0. The number of nitrogens with zero attached hydrogens (tertiary/aromatic N) is 1. The van der Waals surface area contributed by atoms with Crippen molar-refractivity contribution < 1.29 is 4.74 Å².